The summed E-state index contributed by atoms with van der Waals surface area (Å²) in [6.45, 7) is 11.5. The molecule has 1 saturated heterocycles. The number of hydrogen-bond donors (Lipinski definition) is 0. The van der Waals surface area contributed by atoms with Gasteiger partial charge in [-0.05, 0) is 56.1 Å². The van der Waals surface area contributed by atoms with E-state index in [4.69, 9.17) is 5.10 Å². The molecule has 1 aromatic heterocycles. The maximum atomic E-state index is 13.6. The second kappa shape index (κ2) is 9.59. The predicted octanol–water partition coefficient (Wildman–Crippen LogP) is 4.73. The average molecular weight is 485 g/mol. The standard InChI is InChI=1S/C27H40N4O2S/c1-7-8-14-31-26-16-20-13-15-30(19-24(20)25(18-29(5)6)23(26)17-28-31)34(32,33)22-11-9-21(10-12-22)27(2,3)4/h9-12,16-17,24-25H,7-8,13-15,18-19H2,1-6H3/t24?,25-/m1/s1. The van der Waals surface area contributed by atoms with Crippen LogP contribution in [0.1, 0.15) is 69.7 Å². The Kier molecular flexibility index (Phi) is 7.09. The SMILES string of the molecule is CCCCn1ncc2c1C=C1CCN(S(=O)(=O)c3ccc(C(C)(C)C)cc3)CC1[C@@H]2CN(C)C. The highest BCUT2D eigenvalue weighted by Crippen LogP contribution is 2.43. The van der Waals surface area contributed by atoms with Crippen LogP contribution in [0, 0.1) is 5.92 Å². The third-order valence-electron chi connectivity index (χ3n) is 7.29. The summed E-state index contributed by atoms with van der Waals surface area (Å²) in [6, 6.07) is 7.45. The van der Waals surface area contributed by atoms with Crippen molar-refractivity contribution in [3.8, 4) is 0 Å². The van der Waals surface area contributed by atoms with E-state index in [1.807, 2.05) is 18.3 Å². The van der Waals surface area contributed by atoms with E-state index in [9.17, 15) is 8.42 Å². The number of unbranched alkanes of at least 4 members (excludes halogenated alkanes) is 1. The van der Waals surface area contributed by atoms with Gasteiger partial charge in [-0.3, -0.25) is 4.68 Å². The van der Waals surface area contributed by atoms with Gasteiger partial charge in [0.05, 0.1) is 16.8 Å². The molecular formula is C27H40N4O2S. The van der Waals surface area contributed by atoms with E-state index < -0.39 is 10.0 Å². The summed E-state index contributed by atoms with van der Waals surface area (Å²) in [5.74, 6) is 0.415. The summed E-state index contributed by atoms with van der Waals surface area (Å²) in [5, 5.41) is 4.72. The Morgan fingerprint density at radius 3 is 2.47 bits per heavy atom. The van der Waals surface area contributed by atoms with Gasteiger partial charge in [-0.2, -0.15) is 9.40 Å². The minimum absolute atomic E-state index is 0.00606. The zero-order chi connectivity index (χ0) is 24.7. The highest BCUT2D eigenvalue weighted by Gasteiger charge is 2.40. The molecule has 2 aliphatic rings. The van der Waals surface area contributed by atoms with Crippen molar-refractivity contribution >= 4 is 16.1 Å². The van der Waals surface area contributed by atoms with Gasteiger partial charge in [-0.25, -0.2) is 8.42 Å². The second-order valence-corrected chi connectivity index (χ2v) is 13.1. The van der Waals surface area contributed by atoms with Crippen LogP contribution in [0.4, 0.5) is 0 Å². The number of nitrogens with zero attached hydrogens (tertiary/aromatic N) is 4. The molecule has 0 spiro atoms. The van der Waals surface area contributed by atoms with Crippen LogP contribution in [-0.4, -0.2) is 61.1 Å². The van der Waals surface area contributed by atoms with E-state index in [-0.39, 0.29) is 17.3 Å². The summed E-state index contributed by atoms with van der Waals surface area (Å²) in [6.07, 6.45) is 7.34. The monoisotopic (exact) mass is 484 g/mol. The molecule has 7 heteroatoms. The molecule has 2 heterocycles. The Hall–Kier alpha value is -1.96. The van der Waals surface area contributed by atoms with Crippen molar-refractivity contribution in [2.24, 2.45) is 5.92 Å². The summed E-state index contributed by atoms with van der Waals surface area (Å²) < 4.78 is 31.0. The van der Waals surface area contributed by atoms with Crippen LogP contribution in [-0.2, 0) is 22.0 Å². The van der Waals surface area contributed by atoms with E-state index in [0.29, 0.717) is 18.0 Å². The fourth-order valence-corrected chi connectivity index (χ4v) is 6.74. The number of piperidine rings is 1. The van der Waals surface area contributed by atoms with Gasteiger partial charge in [-0.1, -0.05) is 51.8 Å². The summed E-state index contributed by atoms with van der Waals surface area (Å²) in [4.78, 5) is 2.60. The van der Waals surface area contributed by atoms with Gasteiger partial charge in [0.1, 0.15) is 0 Å². The number of likely N-dealkylation sites (N-methyl/N-ethyl adjacent to an activating group) is 1. The van der Waals surface area contributed by atoms with Crippen LogP contribution in [0.5, 0.6) is 0 Å². The summed E-state index contributed by atoms with van der Waals surface area (Å²) >= 11 is 0. The number of aromatic nitrogens is 2. The molecule has 0 bridgehead atoms. The molecule has 0 saturated carbocycles. The summed E-state index contributed by atoms with van der Waals surface area (Å²) in [7, 11) is 0.642. The van der Waals surface area contributed by atoms with Crippen molar-refractivity contribution in [2.75, 3.05) is 33.7 Å². The number of benzene rings is 1. The third kappa shape index (κ3) is 4.88. The van der Waals surface area contributed by atoms with E-state index in [1.165, 1.54) is 16.8 Å². The van der Waals surface area contributed by atoms with Crippen LogP contribution in [0.2, 0.25) is 0 Å². The van der Waals surface area contributed by atoms with Crippen LogP contribution < -0.4 is 0 Å². The molecule has 0 amide bonds. The first-order chi connectivity index (χ1) is 16.0. The molecule has 0 radical (unpaired) electrons. The summed E-state index contributed by atoms with van der Waals surface area (Å²) in [5.41, 5.74) is 4.98. The highest BCUT2D eigenvalue weighted by molar-refractivity contribution is 7.89. The molecule has 1 aliphatic heterocycles. The highest BCUT2D eigenvalue weighted by atomic mass is 32.2. The first-order valence-electron chi connectivity index (χ1n) is 12.5. The van der Waals surface area contributed by atoms with Crippen molar-refractivity contribution in [1.29, 1.82) is 0 Å². The molecule has 0 N–H and O–H groups in total. The lowest BCUT2D eigenvalue weighted by molar-refractivity contribution is 0.256. The minimum Gasteiger partial charge on any atom is -0.309 e. The zero-order valence-corrected chi connectivity index (χ0v) is 22.4. The lowest BCUT2D eigenvalue weighted by atomic mass is 9.74. The number of fused-ring (bicyclic) bond motifs is 2. The lowest BCUT2D eigenvalue weighted by Gasteiger charge is -2.41. The number of sulfonamides is 1. The van der Waals surface area contributed by atoms with Gasteiger partial charge >= 0.3 is 0 Å². The van der Waals surface area contributed by atoms with Crippen LogP contribution in [0.15, 0.2) is 40.9 Å². The Balaban J connectivity index is 1.62. The average Bonchev–Trinajstić information content (AvgIpc) is 3.19. The predicted molar refractivity (Wildman–Crippen MR) is 138 cm³/mol. The molecule has 2 atom stereocenters. The normalized spacial score (nSPS) is 21.3. The Labute approximate surface area is 205 Å². The molecule has 1 aliphatic carbocycles. The molecule has 1 aromatic carbocycles. The van der Waals surface area contributed by atoms with E-state index in [2.05, 4.69) is 57.4 Å². The van der Waals surface area contributed by atoms with Gasteiger partial charge in [0, 0.05) is 43.6 Å². The number of rotatable bonds is 7. The second-order valence-electron chi connectivity index (χ2n) is 11.1. The molecule has 186 valence electrons. The fraction of sp³-hybridized carbons (Fsp3) is 0.593. The molecule has 6 nitrogen and oxygen atoms in total. The van der Waals surface area contributed by atoms with Crippen molar-refractivity contribution in [1.82, 2.24) is 19.0 Å². The van der Waals surface area contributed by atoms with Crippen molar-refractivity contribution in [3.63, 3.8) is 0 Å². The van der Waals surface area contributed by atoms with Crippen molar-refractivity contribution in [3.05, 3.63) is 52.9 Å². The van der Waals surface area contributed by atoms with Crippen LogP contribution in [0.3, 0.4) is 0 Å². The Bertz CT molecular complexity index is 1140. The Morgan fingerprint density at radius 2 is 1.85 bits per heavy atom. The third-order valence-corrected chi connectivity index (χ3v) is 9.17. The molecule has 34 heavy (non-hydrogen) atoms. The van der Waals surface area contributed by atoms with Gasteiger partial charge in [0.2, 0.25) is 10.0 Å². The number of hydrogen-bond acceptors (Lipinski definition) is 4. The van der Waals surface area contributed by atoms with Gasteiger partial charge in [-0.15, -0.1) is 0 Å². The van der Waals surface area contributed by atoms with Gasteiger partial charge in [0.15, 0.2) is 0 Å². The molecule has 2 aromatic rings. The Morgan fingerprint density at radius 1 is 1.15 bits per heavy atom. The molecule has 1 fully saturated rings. The van der Waals surface area contributed by atoms with Crippen LogP contribution in [0.25, 0.3) is 6.08 Å². The smallest absolute Gasteiger partial charge is 0.243 e. The minimum atomic E-state index is -3.54. The van der Waals surface area contributed by atoms with Crippen LogP contribution >= 0.6 is 0 Å². The number of aryl methyl sites for hydroxylation is 1. The van der Waals surface area contributed by atoms with Crippen molar-refractivity contribution < 1.29 is 8.42 Å². The zero-order valence-electron chi connectivity index (χ0n) is 21.6. The maximum absolute atomic E-state index is 13.6. The quantitative estimate of drug-likeness (QED) is 0.570. The molecular weight excluding hydrogens is 444 g/mol. The van der Waals surface area contributed by atoms with E-state index in [0.717, 1.165) is 37.9 Å². The molecule has 1 unspecified atom stereocenters. The maximum Gasteiger partial charge on any atom is 0.243 e. The fourth-order valence-electron chi connectivity index (χ4n) is 5.28. The van der Waals surface area contributed by atoms with Crippen molar-refractivity contribution in [2.45, 2.75) is 69.7 Å². The van der Waals surface area contributed by atoms with E-state index >= 15 is 0 Å². The van der Waals surface area contributed by atoms with Gasteiger partial charge in [0.25, 0.3) is 0 Å². The first-order valence-corrected chi connectivity index (χ1v) is 14.0. The molecule has 4 rings (SSSR count). The largest absolute Gasteiger partial charge is 0.309 e. The van der Waals surface area contributed by atoms with Gasteiger partial charge < -0.3 is 4.90 Å². The lowest BCUT2D eigenvalue weighted by Crippen LogP contribution is -2.45. The topological polar surface area (TPSA) is 58.4 Å². The first kappa shape index (κ1) is 25.1. The van der Waals surface area contributed by atoms with E-state index in [1.54, 1.807) is 16.4 Å².